The number of nitrogens with zero attached hydrogens (tertiary/aromatic N) is 1. The average Bonchev–Trinajstić information content (AvgIpc) is 2.48. The zero-order valence-corrected chi connectivity index (χ0v) is 14.4. The maximum absolute atomic E-state index is 15.1. The predicted octanol–water partition coefficient (Wildman–Crippen LogP) is 4.38. The van der Waals surface area contributed by atoms with Gasteiger partial charge >= 0.3 is 0 Å². The first-order chi connectivity index (χ1) is 10.4. The van der Waals surface area contributed by atoms with E-state index in [1.165, 1.54) is 51.2 Å². The van der Waals surface area contributed by atoms with Crippen molar-refractivity contribution in [2.45, 2.75) is 58.5 Å². The summed E-state index contributed by atoms with van der Waals surface area (Å²) in [6.45, 7) is 6.96. The summed E-state index contributed by atoms with van der Waals surface area (Å²) in [5.74, 6) is 0.148. The third-order valence-electron chi connectivity index (χ3n) is 4.57. The molecule has 0 spiro atoms. The second-order valence-electron chi connectivity index (χ2n) is 6.56. The fourth-order valence-electron chi connectivity index (χ4n) is 3.50. The van der Waals surface area contributed by atoms with E-state index in [0.717, 1.165) is 6.54 Å². The van der Waals surface area contributed by atoms with E-state index in [0.29, 0.717) is 19.0 Å². The first kappa shape index (κ1) is 19.3. The summed E-state index contributed by atoms with van der Waals surface area (Å²) in [6, 6.07) is 0. The van der Waals surface area contributed by atoms with Gasteiger partial charge in [0.05, 0.1) is 0 Å². The van der Waals surface area contributed by atoms with Gasteiger partial charge in [-0.15, -0.1) is 0 Å². The third-order valence-corrected chi connectivity index (χ3v) is 4.57. The highest BCUT2D eigenvalue weighted by Crippen LogP contribution is 2.31. The van der Waals surface area contributed by atoms with Crippen LogP contribution in [0.4, 0.5) is 8.78 Å². The average molecular weight is 314 g/mol. The van der Waals surface area contributed by atoms with Crippen LogP contribution in [0, 0.1) is 5.92 Å². The number of nitrogens with two attached hydrogens (primary N) is 1. The molecule has 0 bridgehead atoms. The van der Waals surface area contributed by atoms with E-state index in [1.807, 2.05) is 0 Å². The molecule has 0 aromatic heterocycles. The topological polar surface area (TPSA) is 29.3 Å². The lowest BCUT2D eigenvalue weighted by Gasteiger charge is -2.34. The molecule has 1 rings (SSSR count). The summed E-state index contributed by atoms with van der Waals surface area (Å²) in [5.41, 5.74) is 4.12. The second kappa shape index (κ2) is 9.41. The summed E-state index contributed by atoms with van der Waals surface area (Å²) in [4.78, 5) is 2.07. The first-order valence-electron chi connectivity index (χ1n) is 8.55. The molecule has 128 valence electrons. The predicted molar refractivity (Wildman–Crippen MR) is 90.2 cm³/mol. The van der Waals surface area contributed by atoms with Crippen molar-refractivity contribution in [3.63, 3.8) is 0 Å². The molecule has 0 radical (unpaired) electrons. The van der Waals surface area contributed by atoms with Gasteiger partial charge in [-0.3, -0.25) is 4.90 Å². The molecule has 1 fully saturated rings. The first-order valence-corrected chi connectivity index (χ1v) is 8.55. The van der Waals surface area contributed by atoms with E-state index in [1.54, 1.807) is 13.8 Å². The number of halogens is 2. The molecule has 0 aliphatic heterocycles. The van der Waals surface area contributed by atoms with Crippen LogP contribution in [-0.4, -0.2) is 36.7 Å². The monoisotopic (exact) mass is 314 g/mol. The van der Waals surface area contributed by atoms with Crippen molar-refractivity contribution in [2.75, 3.05) is 26.2 Å². The fourth-order valence-corrected chi connectivity index (χ4v) is 3.50. The Balaban J connectivity index is 2.74. The molecule has 2 N–H and O–H groups in total. The van der Waals surface area contributed by atoms with Gasteiger partial charge < -0.3 is 5.73 Å². The van der Waals surface area contributed by atoms with E-state index in [2.05, 4.69) is 4.90 Å². The standard InChI is InChI=1S/C18H32F2N2/c1-4-16(17(19)5-2)18(3,20)14-22(12-11-21)13-15-9-7-6-8-10-15/h4-5,15H,6-14,21H2,1-3H3/b16-4+,17-5+. The molecule has 22 heavy (non-hydrogen) atoms. The maximum Gasteiger partial charge on any atom is 0.148 e. The van der Waals surface area contributed by atoms with Crippen LogP contribution < -0.4 is 5.73 Å². The van der Waals surface area contributed by atoms with Gasteiger partial charge in [-0.25, -0.2) is 8.78 Å². The largest absolute Gasteiger partial charge is 0.329 e. The minimum Gasteiger partial charge on any atom is -0.329 e. The molecule has 0 amide bonds. The Bertz CT molecular complexity index is 383. The number of allylic oxidation sites excluding steroid dienone is 3. The molecule has 1 atom stereocenters. The lowest BCUT2D eigenvalue weighted by molar-refractivity contribution is 0.118. The van der Waals surface area contributed by atoms with Crippen LogP contribution >= 0.6 is 0 Å². The normalized spacial score (nSPS) is 21.2. The van der Waals surface area contributed by atoms with Gasteiger partial charge in [-0.2, -0.15) is 0 Å². The van der Waals surface area contributed by atoms with Crippen molar-refractivity contribution in [2.24, 2.45) is 11.7 Å². The van der Waals surface area contributed by atoms with Crippen LogP contribution in [0.15, 0.2) is 23.6 Å². The number of alkyl halides is 1. The Labute approximate surface area is 134 Å². The van der Waals surface area contributed by atoms with E-state index in [-0.39, 0.29) is 12.1 Å². The van der Waals surface area contributed by atoms with E-state index in [4.69, 9.17) is 5.73 Å². The highest BCUT2D eigenvalue weighted by molar-refractivity contribution is 5.33. The highest BCUT2D eigenvalue weighted by atomic mass is 19.1. The van der Waals surface area contributed by atoms with Crippen LogP contribution in [0.5, 0.6) is 0 Å². The Morgan fingerprint density at radius 3 is 2.36 bits per heavy atom. The third kappa shape index (κ3) is 5.81. The Morgan fingerprint density at radius 2 is 1.86 bits per heavy atom. The Kier molecular flexibility index (Phi) is 8.26. The number of hydrogen-bond donors (Lipinski definition) is 1. The van der Waals surface area contributed by atoms with Crippen LogP contribution in [0.1, 0.15) is 52.9 Å². The van der Waals surface area contributed by atoms with Gasteiger partial charge in [-0.05, 0) is 39.5 Å². The lowest BCUT2D eigenvalue weighted by Crippen LogP contribution is -2.44. The lowest BCUT2D eigenvalue weighted by atomic mass is 9.88. The van der Waals surface area contributed by atoms with Crippen molar-refractivity contribution < 1.29 is 8.78 Å². The molecule has 2 nitrogen and oxygen atoms in total. The van der Waals surface area contributed by atoms with E-state index >= 15 is 4.39 Å². The molecule has 1 aliphatic carbocycles. The highest BCUT2D eigenvalue weighted by Gasteiger charge is 2.33. The molecule has 0 saturated heterocycles. The summed E-state index contributed by atoms with van der Waals surface area (Å²) >= 11 is 0. The molecule has 1 unspecified atom stereocenters. The van der Waals surface area contributed by atoms with Gasteiger partial charge in [0.2, 0.25) is 0 Å². The number of rotatable bonds is 8. The van der Waals surface area contributed by atoms with Gasteiger partial charge in [0.15, 0.2) is 0 Å². The maximum atomic E-state index is 15.1. The van der Waals surface area contributed by atoms with Crippen molar-refractivity contribution in [1.29, 1.82) is 0 Å². The molecule has 4 heteroatoms. The quantitative estimate of drug-likeness (QED) is 0.674. The molecule has 0 heterocycles. The van der Waals surface area contributed by atoms with Crippen LogP contribution in [0.2, 0.25) is 0 Å². The SMILES string of the molecule is C/C=C(F)\C(=C/C)C(C)(F)CN(CCN)CC1CCCCC1. The molecule has 0 aromatic rings. The zero-order chi connectivity index (χ0) is 16.6. The van der Waals surface area contributed by atoms with E-state index < -0.39 is 11.5 Å². The summed E-state index contributed by atoms with van der Waals surface area (Å²) < 4.78 is 29.0. The van der Waals surface area contributed by atoms with Crippen LogP contribution in [0.3, 0.4) is 0 Å². The smallest absolute Gasteiger partial charge is 0.148 e. The summed E-state index contributed by atoms with van der Waals surface area (Å²) in [6.07, 6.45) is 9.12. The molecular weight excluding hydrogens is 282 g/mol. The summed E-state index contributed by atoms with van der Waals surface area (Å²) in [7, 11) is 0. The Hall–Kier alpha value is -0.740. The second-order valence-corrected chi connectivity index (χ2v) is 6.56. The van der Waals surface area contributed by atoms with Crippen molar-refractivity contribution >= 4 is 0 Å². The van der Waals surface area contributed by atoms with Crippen molar-refractivity contribution in [3.8, 4) is 0 Å². The molecule has 0 aromatic carbocycles. The summed E-state index contributed by atoms with van der Waals surface area (Å²) in [5, 5.41) is 0. The molecule has 1 saturated carbocycles. The Morgan fingerprint density at radius 1 is 1.23 bits per heavy atom. The minimum atomic E-state index is -1.70. The van der Waals surface area contributed by atoms with Crippen molar-refractivity contribution in [1.82, 2.24) is 4.90 Å². The molecular formula is C18H32F2N2. The molecule has 1 aliphatic rings. The van der Waals surface area contributed by atoms with E-state index in [9.17, 15) is 4.39 Å². The van der Waals surface area contributed by atoms with Crippen molar-refractivity contribution in [3.05, 3.63) is 23.6 Å². The van der Waals surface area contributed by atoms with Gasteiger partial charge in [0.1, 0.15) is 11.5 Å². The minimum absolute atomic E-state index is 0.140. The zero-order valence-electron chi connectivity index (χ0n) is 14.4. The van der Waals surface area contributed by atoms with Crippen LogP contribution in [0.25, 0.3) is 0 Å². The van der Waals surface area contributed by atoms with Gasteiger partial charge in [0, 0.05) is 31.8 Å². The fraction of sp³-hybridized carbons (Fsp3) is 0.778. The van der Waals surface area contributed by atoms with Crippen LogP contribution in [-0.2, 0) is 0 Å². The van der Waals surface area contributed by atoms with Gasteiger partial charge in [-0.1, -0.05) is 31.4 Å². The van der Waals surface area contributed by atoms with Gasteiger partial charge in [0.25, 0.3) is 0 Å². The number of hydrogen-bond acceptors (Lipinski definition) is 2.